The molecule has 2 amide bonds. The number of methoxy groups -OCH3 is 1. The highest BCUT2D eigenvalue weighted by molar-refractivity contribution is 7.92. The molecule has 1 N–H and O–H groups in total. The summed E-state index contributed by atoms with van der Waals surface area (Å²) in [5, 5.41) is 3.37. The molecular formula is C27H38ClN3O5S. The molecule has 1 atom stereocenters. The molecule has 0 aliphatic carbocycles. The van der Waals surface area contributed by atoms with Crippen LogP contribution in [0.25, 0.3) is 0 Å². The van der Waals surface area contributed by atoms with Crippen molar-refractivity contribution in [2.45, 2.75) is 65.6 Å². The zero-order valence-corrected chi connectivity index (χ0v) is 24.0. The van der Waals surface area contributed by atoms with E-state index in [1.807, 2.05) is 45.0 Å². The molecule has 0 unspecified atom stereocenters. The number of carbonyl (C=O) groups is 2. The molecule has 0 heterocycles. The van der Waals surface area contributed by atoms with E-state index >= 15 is 0 Å². The maximum Gasteiger partial charge on any atom is 0.243 e. The van der Waals surface area contributed by atoms with Gasteiger partial charge in [-0.2, -0.15) is 0 Å². The zero-order chi connectivity index (χ0) is 27.8. The van der Waals surface area contributed by atoms with Crippen LogP contribution in [-0.4, -0.2) is 57.1 Å². The Morgan fingerprint density at radius 3 is 2.41 bits per heavy atom. The van der Waals surface area contributed by atoms with Crippen molar-refractivity contribution in [3.63, 3.8) is 0 Å². The van der Waals surface area contributed by atoms with Crippen LogP contribution < -0.4 is 14.4 Å². The van der Waals surface area contributed by atoms with Crippen LogP contribution in [0.4, 0.5) is 5.69 Å². The highest BCUT2D eigenvalue weighted by Crippen LogP contribution is 2.28. The van der Waals surface area contributed by atoms with Crippen molar-refractivity contribution < 1.29 is 22.7 Å². The number of hydrogen-bond donors (Lipinski definition) is 1. The molecule has 10 heteroatoms. The number of hydrogen-bond acceptors (Lipinski definition) is 5. The minimum absolute atomic E-state index is 0.0698. The summed E-state index contributed by atoms with van der Waals surface area (Å²) in [4.78, 5) is 28.1. The molecule has 8 nitrogen and oxygen atoms in total. The predicted octanol–water partition coefficient (Wildman–Crippen LogP) is 4.54. The normalized spacial score (nSPS) is 12.2. The van der Waals surface area contributed by atoms with Gasteiger partial charge in [-0.25, -0.2) is 8.42 Å². The van der Waals surface area contributed by atoms with Crippen molar-refractivity contribution in [3.05, 3.63) is 58.6 Å². The van der Waals surface area contributed by atoms with E-state index in [2.05, 4.69) is 5.32 Å². The van der Waals surface area contributed by atoms with Crippen molar-refractivity contribution in [1.82, 2.24) is 10.2 Å². The molecule has 0 bridgehead atoms. The van der Waals surface area contributed by atoms with Crippen molar-refractivity contribution in [2.24, 2.45) is 0 Å². The predicted molar refractivity (Wildman–Crippen MR) is 149 cm³/mol. The Kier molecular flexibility index (Phi) is 11.3. The van der Waals surface area contributed by atoms with Gasteiger partial charge >= 0.3 is 0 Å². The van der Waals surface area contributed by atoms with Gasteiger partial charge in [0.1, 0.15) is 11.8 Å². The number of anilines is 1. The molecule has 0 spiro atoms. The SMILES string of the molecule is CC[C@@H](C(=O)NC(C)C)N(Cc1cccc(OC)c1)C(=O)CCCN(c1cccc(Cl)c1C)S(C)(=O)=O. The van der Waals surface area contributed by atoms with Gasteiger partial charge < -0.3 is 15.0 Å². The monoisotopic (exact) mass is 551 g/mol. The average molecular weight is 552 g/mol. The van der Waals surface area contributed by atoms with Gasteiger partial charge in [0.05, 0.1) is 19.1 Å². The molecular weight excluding hydrogens is 514 g/mol. The summed E-state index contributed by atoms with van der Waals surface area (Å²) in [7, 11) is -2.04. The number of benzene rings is 2. The van der Waals surface area contributed by atoms with Crippen molar-refractivity contribution in [2.75, 3.05) is 24.2 Å². The molecule has 37 heavy (non-hydrogen) atoms. The lowest BCUT2D eigenvalue weighted by atomic mass is 10.1. The van der Waals surface area contributed by atoms with Crippen molar-refractivity contribution >= 4 is 39.1 Å². The Hall–Kier alpha value is -2.78. The van der Waals surface area contributed by atoms with E-state index in [0.29, 0.717) is 28.4 Å². The van der Waals surface area contributed by atoms with Gasteiger partial charge in [0.25, 0.3) is 0 Å². The summed E-state index contributed by atoms with van der Waals surface area (Å²) in [6.07, 6.45) is 1.91. The summed E-state index contributed by atoms with van der Waals surface area (Å²) in [6, 6.07) is 11.7. The van der Waals surface area contributed by atoms with Gasteiger partial charge in [0.2, 0.25) is 21.8 Å². The number of halogens is 1. The summed E-state index contributed by atoms with van der Waals surface area (Å²) in [6.45, 7) is 7.70. The third-order valence-electron chi connectivity index (χ3n) is 5.96. The Morgan fingerprint density at radius 2 is 1.81 bits per heavy atom. The number of rotatable bonds is 13. The van der Waals surface area contributed by atoms with Crippen LogP contribution in [0.15, 0.2) is 42.5 Å². The fraction of sp³-hybridized carbons (Fsp3) is 0.481. The van der Waals surface area contributed by atoms with E-state index in [9.17, 15) is 18.0 Å². The third kappa shape index (κ3) is 8.64. The number of ether oxygens (including phenoxy) is 1. The van der Waals surface area contributed by atoms with Gasteiger partial charge in [-0.05, 0) is 69.0 Å². The first kappa shape index (κ1) is 30.4. The highest BCUT2D eigenvalue weighted by atomic mass is 35.5. The van der Waals surface area contributed by atoms with E-state index in [0.717, 1.165) is 11.8 Å². The fourth-order valence-corrected chi connectivity index (χ4v) is 5.30. The molecule has 0 aromatic heterocycles. The van der Waals surface area contributed by atoms with E-state index in [4.69, 9.17) is 16.3 Å². The topological polar surface area (TPSA) is 96.0 Å². The minimum atomic E-state index is -3.61. The lowest BCUT2D eigenvalue weighted by Gasteiger charge is -2.32. The standard InChI is InChI=1S/C27H38ClN3O5S/c1-7-24(27(33)29-19(2)3)30(18-21-11-8-12-22(17-21)36-5)26(32)15-10-16-31(37(6,34)35)25-14-9-13-23(28)20(25)4/h8-9,11-14,17,19,24H,7,10,15-16,18H2,1-6H3,(H,29,33)/t24-/m0/s1. The Balaban J connectivity index is 2.27. The maximum absolute atomic E-state index is 13.5. The van der Waals surface area contributed by atoms with Gasteiger partial charge in [-0.3, -0.25) is 13.9 Å². The van der Waals surface area contributed by atoms with Crippen molar-refractivity contribution in [3.8, 4) is 5.75 Å². The number of carbonyl (C=O) groups excluding carboxylic acids is 2. The van der Waals surface area contributed by atoms with E-state index in [1.165, 1.54) is 4.31 Å². The average Bonchev–Trinajstić information content (AvgIpc) is 2.82. The Labute approximate surface area is 226 Å². The molecule has 0 aliphatic rings. The number of amides is 2. The lowest BCUT2D eigenvalue weighted by molar-refractivity contribution is -0.141. The molecule has 2 aromatic rings. The molecule has 0 fully saturated rings. The van der Waals surface area contributed by atoms with Crippen LogP contribution in [0.5, 0.6) is 5.75 Å². The van der Waals surface area contributed by atoms with Crippen LogP contribution in [0.3, 0.4) is 0 Å². The van der Waals surface area contributed by atoms with Crippen LogP contribution in [-0.2, 0) is 26.2 Å². The second kappa shape index (κ2) is 13.7. The molecule has 0 radical (unpaired) electrons. The first-order valence-corrected chi connectivity index (χ1v) is 14.6. The smallest absolute Gasteiger partial charge is 0.243 e. The van der Waals surface area contributed by atoms with E-state index in [-0.39, 0.29) is 43.8 Å². The van der Waals surface area contributed by atoms with E-state index < -0.39 is 16.1 Å². The summed E-state index contributed by atoms with van der Waals surface area (Å²) in [5.41, 5.74) is 1.96. The molecule has 0 aliphatic heterocycles. The quantitative estimate of drug-likeness (QED) is 0.394. The fourth-order valence-electron chi connectivity index (χ4n) is 4.12. The van der Waals surface area contributed by atoms with Crippen LogP contribution in [0, 0.1) is 6.92 Å². The largest absolute Gasteiger partial charge is 0.497 e. The van der Waals surface area contributed by atoms with Crippen LogP contribution in [0.2, 0.25) is 5.02 Å². The first-order chi connectivity index (χ1) is 17.4. The highest BCUT2D eigenvalue weighted by Gasteiger charge is 2.29. The van der Waals surface area contributed by atoms with Crippen LogP contribution in [0.1, 0.15) is 51.2 Å². The molecule has 0 saturated carbocycles. The molecule has 204 valence electrons. The summed E-state index contributed by atoms with van der Waals surface area (Å²) in [5.74, 6) is 0.205. The second-order valence-electron chi connectivity index (χ2n) is 9.28. The number of nitrogens with zero attached hydrogens (tertiary/aromatic N) is 2. The Bertz CT molecular complexity index is 1190. The summed E-state index contributed by atoms with van der Waals surface area (Å²) < 4.78 is 31.7. The molecule has 0 saturated heterocycles. The van der Waals surface area contributed by atoms with Gasteiger partial charge in [-0.1, -0.05) is 36.7 Å². The molecule has 2 rings (SSSR count). The van der Waals surface area contributed by atoms with Crippen LogP contribution >= 0.6 is 11.6 Å². The van der Waals surface area contributed by atoms with Gasteiger partial charge in [-0.15, -0.1) is 0 Å². The Morgan fingerprint density at radius 1 is 1.14 bits per heavy atom. The minimum Gasteiger partial charge on any atom is -0.497 e. The van der Waals surface area contributed by atoms with E-state index in [1.54, 1.807) is 37.1 Å². The molecule has 2 aromatic carbocycles. The third-order valence-corrected chi connectivity index (χ3v) is 7.55. The second-order valence-corrected chi connectivity index (χ2v) is 11.6. The zero-order valence-electron chi connectivity index (χ0n) is 22.5. The number of nitrogens with one attached hydrogen (secondary N) is 1. The van der Waals surface area contributed by atoms with Crippen molar-refractivity contribution in [1.29, 1.82) is 0 Å². The summed E-state index contributed by atoms with van der Waals surface area (Å²) >= 11 is 6.22. The lowest BCUT2D eigenvalue weighted by Crippen LogP contribution is -2.50. The van der Waals surface area contributed by atoms with Gasteiger partial charge in [0, 0.05) is 30.6 Å². The maximum atomic E-state index is 13.5. The first-order valence-electron chi connectivity index (χ1n) is 12.3. The van der Waals surface area contributed by atoms with Gasteiger partial charge in [0.15, 0.2) is 0 Å². The number of sulfonamides is 1.